The van der Waals surface area contributed by atoms with E-state index in [0.29, 0.717) is 5.56 Å². The number of amidine groups is 1. The van der Waals surface area contributed by atoms with Crippen LogP contribution >= 0.6 is 0 Å². The van der Waals surface area contributed by atoms with Gasteiger partial charge in [-0.2, -0.15) is 5.26 Å². The number of hydrogen-bond acceptors (Lipinski definition) is 2. The van der Waals surface area contributed by atoms with Crippen molar-refractivity contribution >= 4 is 11.5 Å². The molecule has 0 fully saturated rings. The summed E-state index contributed by atoms with van der Waals surface area (Å²) >= 11 is 0. The van der Waals surface area contributed by atoms with Gasteiger partial charge in [0.05, 0.1) is 17.2 Å². The first kappa shape index (κ1) is 14.8. The summed E-state index contributed by atoms with van der Waals surface area (Å²) in [4.78, 5) is 4.76. The Morgan fingerprint density at radius 2 is 1.62 bits per heavy atom. The molecule has 2 aromatic rings. The second-order valence-corrected chi connectivity index (χ2v) is 5.81. The third-order valence-electron chi connectivity index (χ3n) is 2.77. The van der Waals surface area contributed by atoms with E-state index in [9.17, 15) is 0 Å². The third kappa shape index (κ3) is 4.47. The van der Waals surface area contributed by atoms with Crippen LogP contribution in [0, 0.1) is 11.3 Å². The molecule has 0 aliphatic heterocycles. The van der Waals surface area contributed by atoms with Crippen molar-refractivity contribution < 1.29 is 0 Å². The van der Waals surface area contributed by atoms with E-state index in [0.717, 1.165) is 17.1 Å². The molecule has 0 bridgehead atoms. The Bertz CT molecular complexity index is 656. The molecule has 3 nitrogen and oxygen atoms in total. The Kier molecular flexibility index (Phi) is 4.39. The summed E-state index contributed by atoms with van der Waals surface area (Å²) in [6.07, 6.45) is 0. The van der Waals surface area contributed by atoms with Gasteiger partial charge in [0.1, 0.15) is 5.84 Å². The summed E-state index contributed by atoms with van der Waals surface area (Å²) in [5, 5.41) is 12.2. The van der Waals surface area contributed by atoms with Crippen LogP contribution in [0.1, 0.15) is 31.9 Å². The molecule has 0 spiro atoms. The van der Waals surface area contributed by atoms with Crippen molar-refractivity contribution in [3.05, 3.63) is 65.7 Å². The zero-order valence-electron chi connectivity index (χ0n) is 12.6. The summed E-state index contributed by atoms with van der Waals surface area (Å²) in [5.74, 6) is 0.827. The zero-order valence-corrected chi connectivity index (χ0v) is 12.6. The SMILES string of the molecule is CC(C)(C)N=C(Nc1ccc(C#N)cc1)c1ccccc1. The molecule has 0 atom stereocenters. The minimum absolute atomic E-state index is 0.176. The maximum Gasteiger partial charge on any atom is 0.133 e. The van der Waals surface area contributed by atoms with Crippen LogP contribution in [0.5, 0.6) is 0 Å². The molecule has 0 aromatic heterocycles. The quantitative estimate of drug-likeness (QED) is 0.660. The predicted octanol–water partition coefficient (Wildman–Crippen LogP) is 4.22. The van der Waals surface area contributed by atoms with E-state index in [2.05, 4.69) is 32.2 Å². The minimum atomic E-state index is -0.176. The normalized spacial score (nSPS) is 11.8. The molecule has 0 radical (unpaired) electrons. The highest BCUT2D eigenvalue weighted by atomic mass is 15.0. The lowest BCUT2D eigenvalue weighted by Gasteiger charge is -2.18. The number of anilines is 1. The molecule has 1 N–H and O–H groups in total. The lowest BCUT2D eigenvalue weighted by Crippen LogP contribution is -2.21. The van der Waals surface area contributed by atoms with E-state index in [1.54, 1.807) is 12.1 Å². The van der Waals surface area contributed by atoms with Crippen molar-refractivity contribution in [1.29, 1.82) is 5.26 Å². The number of nitrogens with zero attached hydrogens (tertiary/aromatic N) is 2. The van der Waals surface area contributed by atoms with Gasteiger partial charge in [-0.1, -0.05) is 30.3 Å². The second-order valence-electron chi connectivity index (χ2n) is 5.81. The van der Waals surface area contributed by atoms with Crippen molar-refractivity contribution in [3.8, 4) is 6.07 Å². The molecular weight excluding hydrogens is 258 g/mol. The number of nitriles is 1. The van der Waals surface area contributed by atoms with Crippen molar-refractivity contribution in [1.82, 2.24) is 0 Å². The summed E-state index contributed by atoms with van der Waals surface area (Å²) in [5.41, 5.74) is 2.43. The van der Waals surface area contributed by atoms with Gasteiger partial charge < -0.3 is 5.32 Å². The Morgan fingerprint density at radius 3 is 2.14 bits per heavy atom. The fourth-order valence-electron chi connectivity index (χ4n) is 1.86. The van der Waals surface area contributed by atoms with Gasteiger partial charge in [0.15, 0.2) is 0 Å². The third-order valence-corrected chi connectivity index (χ3v) is 2.77. The molecule has 3 heteroatoms. The van der Waals surface area contributed by atoms with E-state index in [1.807, 2.05) is 42.5 Å². The van der Waals surface area contributed by atoms with Gasteiger partial charge in [0.2, 0.25) is 0 Å². The first-order valence-electron chi connectivity index (χ1n) is 6.90. The largest absolute Gasteiger partial charge is 0.340 e. The van der Waals surface area contributed by atoms with Crippen LogP contribution in [0.25, 0.3) is 0 Å². The summed E-state index contributed by atoms with van der Waals surface area (Å²) < 4.78 is 0. The molecular formula is C18H19N3. The first-order valence-corrected chi connectivity index (χ1v) is 6.90. The monoisotopic (exact) mass is 277 g/mol. The molecule has 2 aromatic carbocycles. The maximum atomic E-state index is 8.85. The van der Waals surface area contributed by atoms with Crippen LogP contribution in [0.2, 0.25) is 0 Å². The molecule has 0 saturated carbocycles. The predicted molar refractivity (Wildman–Crippen MR) is 87.5 cm³/mol. The molecule has 21 heavy (non-hydrogen) atoms. The highest BCUT2D eigenvalue weighted by Gasteiger charge is 2.12. The van der Waals surface area contributed by atoms with Crippen molar-refractivity contribution in [2.45, 2.75) is 26.3 Å². The van der Waals surface area contributed by atoms with Crippen molar-refractivity contribution in [3.63, 3.8) is 0 Å². The second kappa shape index (κ2) is 6.23. The summed E-state index contributed by atoms with van der Waals surface area (Å²) in [7, 11) is 0. The first-order chi connectivity index (χ1) is 9.98. The Morgan fingerprint density at radius 1 is 1.00 bits per heavy atom. The van der Waals surface area contributed by atoms with Gasteiger partial charge in [-0.15, -0.1) is 0 Å². The van der Waals surface area contributed by atoms with Gasteiger partial charge in [0.25, 0.3) is 0 Å². The number of nitrogens with one attached hydrogen (secondary N) is 1. The smallest absolute Gasteiger partial charge is 0.133 e. The molecule has 0 heterocycles. The van der Waals surface area contributed by atoms with E-state index in [1.165, 1.54) is 0 Å². The van der Waals surface area contributed by atoms with Gasteiger partial charge >= 0.3 is 0 Å². The van der Waals surface area contributed by atoms with Crippen LogP contribution in [0.4, 0.5) is 5.69 Å². The average molecular weight is 277 g/mol. The number of aliphatic imine (C=N–C) groups is 1. The maximum absolute atomic E-state index is 8.85. The summed E-state index contributed by atoms with van der Waals surface area (Å²) in [6, 6.07) is 19.5. The number of rotatable bonds is 2. The van der Waals surface area contributed by atoms with Crippen molar-refractivity contribution in [2.24, 2.45) is 4.99 Å². The highest BCUT2D eigenvalue weighted by molar-refractivity contribution is 6.08. The van der Waals surface area contributed by atoms with E-state index in [4.69, 9.17) is 10.3 Å². The standard InChI is InChI=1S/C18H19N3/c1-18(2,3)21-17(15-7-5-4-6-8-15)20-16-11-9-14(13-19)10-12-16/h4-12H,1-3H3,(H,20,21). The fourth-order valence-corrected chi connectivity index (χ4v) is 1.86. The van der Waals surface area contributed by atoms with Gasteiger partial charge in [-0.25, -0.2) is 0 Å². The molecule has 2 rings (SSSR count). The molecule has 106 valence electrons. The van der Waals surface area contributed by atoms with Gasteiger partial charge in [-0.05, 0) is 45.0 Å². The fraction of sp³-hybridized carbons (Fsp3) is 0.222. The van der Waals surface area contributed by atoms with Gasteiger partial charge in [-0.3, -0.25) is 4.99 Å². The highest BCUT2D eigenvalue weighted by Crippen LogP contribution is 2.15. The lowest BCUT2D eigenvalue weighted by molar-refractivity contribution is 0.584. The molecule has 0 aliphatic carbocycles. The van der Waals surface area contributed by atoms with E-state index >= 15 is 0 Å². The van der Waals surface area contributed by atoms with Crippen LogP contribution < -0.4 is 5.32 Å². The molecule has 0 unspecified atom stereocenters. The minimum Gasteiger partial charge on any atom is -0.340 e. The van der Waals surface area contributed by atoms with Crippen molar-refractivity contribution in [2.75, 3.05) is 5.32 Å². The average Bonchev–Trinajstić information content (AvgIpc) is 2.47. The van der Waals surface area contributed by atoms with E-state index in [-0.39, 0.29) is 5.54 Å². The van der Waals surface area contributed by atoms with Crippen LogP contribution in [-0.4, -0.2) is 11.4 Å². The lowest BCUT2D eigenvalue weighted by atomic mass is 10.1. The molecule has 0 amide bonds. The Balaban J connectivity index is 2.33. The number of hydrogen-bond donors (Lipinski definition) is 1. The Labute approximate surface area is 126 Å². The molecule has 0 saturated heterocycles. The Hall–Kier alpha value is -2.60. The topological polar surface area (TPSA) is 48.2 Å². The van der Waals surface area contributed by atoms with Crippen LogP contribution in [0.15, 0.2) is 59.6 Å². The summed E-state index contributed by atoms with van der Waals surface area (Å²) in [6.45, 7) is 6.20. The van der Waals surface area contributed by atoms with Crippen LogP contribution in [-0.2, 0) is 0 Å². The molecule has 0 aliphatic rings. The number of benzene rings is 2. The van der Waals surface area contributed by atoms with Gasteiger partial charge in [0, 0.05) is 11.3 Å². The zero-order chi connectivity index (χ0) is 15.3. The van der Waals surface area contributed by atoms with Crippen LogP contribution in [0.3, 0.4) is 0 Å². The van der Waals surface area contributed by atoms with E-state index < -0.39 is 0 Å².